The summed E-state index contributed by atoms with van der Waals surface area (Å²) in [6.07, 6.45) is -1.23. The van der Waals surface area contributed by atoms with E-state index < -0.39 is 18.4 Å². The van der Waals surface area contributed by atoms with E-state index in [1.807, 2.05) is 37.3 Å². The molecule has 1 amide bonds. The van der Waals surface area contributed by atoms with E-state index in [-0.39, 0.29) is 11.8 Å². The van der Waals surface area contributed by atoms with Crippen LogP contribution in [0.4, 0.5) is 8.78 Å². The summed E-state index contributed by atoms with van der Waals surface area (Å²) in [5, 5.41) is 12.9. The molecule has 1 saturated heterocycles. The van der Waals surface area contributed by atoms with E-state index in [4.69, 9.17) is 9.15 Å². The summed E-state index contributed by atoms with van der Waals surface area (Å²) in [4.78, 5) is 15.6. The topological polar surface area (TPSA) is 84.1 Å². The van der Waals surface area contributed by atoms with Crippen LogP contribution in [0.3, 0.4) is 0 Å². The van der Waals surface area contributed by atoms with Gasteiger partial charge >= 0.3 is 6.43 Å². The zero-order valence-electron chi connectivity index (χ0n) is 18.7. The number of morpholine rings is 1. The van der Waals surface area contributed by atoms with Gasteiger partial charge in [0.1, 0.15) is 6.04 Å². The predicted octanol–water partition coefficient (Wildman–Crippen LogP) is 3.93. The van der Waals surface area contributed by atoms with E-state index in [1.54, 1.807) is 30.5 Å². The molecular formula is C24H25F2N5O3. The lowest BCUT2D eigenvalue weighted by atomic mass is 10.0. The lowest BCUT2D eigenvalue weighted by Gasteiger charge is -2.35. The number of likely N-dealkylation sites (N-methyl/N-ethyl adjacent to an activating group) is 1. The maximum absolute atomic E-state index is 13.5. The molecule has 1 aromatic heterocycles. The first-order valence-electron chi connectivity index (χ1n) is 11.0. The SMILES string of the molecule is CCN(/N=C/c1ccc(-c2nnc(C(F)F)o2)cc1)C(=O)[C@@H](c1ccccc1)N1CCOCC1. The first kappa shape index (κ1) is 23.7. The van der Waals surface area contributed by atoms with Gasteiger partial charge in [0, 0.05) is 25.2 Å². The van der Waals surface area contributed by atoms with Crippen molar-refractivity contribution in [2.24, 2.45) is 5.10 Å². The molecule has 8 nitrogen and oxygen atoms in total. The number of nitrogens with zero attached hydrogens (tertiary/aromatic N) is 5. The van der Waals surface area contributed by atoms with Crippen molar-refractivity contribution in [2.75, 3.05) is 32.8 Å². The Morgan fingerprint density at radius 2 is 1.82 bits per heavy atom. The van der Waals surface area contributed by atoms with Crippen LogP contribution in [0.2, 0.25) is 0 Å². The predicted molar refractivity (Wildman–Crippen MR) is 121 cm³/mol. The van der Waals surface area contributed by atoms with Gasteiger partial charge < -0.3 is 9.15 Å². The van der Waals surface area contributed by atoms with E-state index in [1.165, 1.54) is 5.01 Å². The molecule has 2 heterocycles. The fourth-order valence-electron chi connectivity index (χ4n) is 3.70. The van der Waals surface area contributed by atoms with Crippen LogP contribution in [0, 0.1) is 0 Å². The third-order valence-corrected chi connectivity index (χ3v) is 5.45. The Balaban J connectivity index is 1.50. The molecule has 1 aliphatic rings. The highest BCUT2D eigenvalue weighted by molar-refractivity contribution is 5.86. The summed E-state index contributed by atoms with van der Waals surface area (Å²) in [6.45, 7) is 4.76. The average Bonchev–Trinajstić information content (AvgIpc) is 3.37. The molecule has 4 rings (SSSR count). The fraction of sp³-hybridized carbons (Fsp3) is 0.333. The van der Waals surface area contributed by atoms with Crippen LogP contribution in [0.15, 0.2) is 64.1 Å². The van der Waals surface area contributed by atoms with Gasteiger partial charge in [0.25, 0.3) is 11.8 Å². The van der Waals surface area contributed by atoms with Crippen LogP contribution in [0.5, 0.6) is 0 Å². The smallest absolute Gasteiger partial charge is 0.314 e. The van der Waals surface area contributed by atoms with Gasteiger partial charge in [-0.15, -0.1) is 10.2 Å². The second-order valence-electron chi connectivity index (χ2n) is 7.63. The maximum atomic E-state index is 13.5. The number of aromatic nitrogens is 2. The molecule has 1 atom stereocenters. The van der Waals surface area contributed by atoms with Crippen molar-refractivity contribution in [3.63, 3.8) is 0 Å². The van der Waals surface area contributed by atoms with Crippen molar-refractivity contribution in [1.82, 2.24) is 20.1 Å². The number of ether oxygens (including phenoxy) is 1. The van der Waals surface area contributed by atoms with Crippen LogP contribution < -0.4 is 0 Å². The van der Waals surface area contributed by atoms with Crippen LogP contribution in [0.1, 0.15) is 36.4 Å². The molecule has 1 aliphatic heterocycles. The molecular weight excluding hydrogens is 444 g/mol. The van der Waals surface area contributed by atoms with Crippen molar-refractivity contribution in [1.29, 1.82) is 0 Å². The van der Waals surface area contributed by atoms with Crippen LogP contribution in [-0.4, -0.2) is 65.1 Å². The van der Waals surface area contributed by atoms with E-state index in [0.717, 1.165) is 11.1 Å². The van der Waals surface area contributed by atoms with Gasteiger partial charge in [-0.1, -0.05) is 42.5 Å². The summed E-state index contributed by atoms with van der Waals surface area (Å²) < 4.78 is 35.8. The first-order chi connectivity index (χ1) is 16.6. The molecule has 0 unspecified atom stereocenters. The van der Waals surface area contributed by atoms with Crippen molar-refractivity contribution < 1.29 is 22.7 Å². The highest BCUT2D eigenvalue weighted by Crippen LogP contribution is 2.25. The summed E-state index contributed by atoms with van der Waals surface area (Å²) >= 11 is 0. The molecule has 178 valence electrons. The van der Waals surface area contributed by atoms with E-state index in [0.29, 0.717) is 38.4 Å². The Bertz CT molecular complexity index is 1100. The molecule has 0 bridgehead atoms. The number of carbonyl (C=O) groups is 1. The molecule has 0 spiro atoms. The van der Waals surface area contributed by atoms with Crippen LogP contribution >= 0.6 is 0 Å². The Hall–Kier alpha value is -3.50. The van der Waals surface area contributed by atoms with Gasteiger partial charge in [0.15, 0.2) is 0 Å². The number of amides is 1. The molecule has 0 saturated carbocycles. The van der Waals surface area contributed by atoms with Gasteiger partial charge in [-0.2, -0.15) is 13.9 Å². The van der Waals surface area contributed by atoms with Crippen LogP contribution in [-0.2, 0) is 9.53 Å². The first-order valence-corrected chi connectivity index (χ1v) is 11.0. The number of alkyl halides is 2. The number of hydrazone groups is 1. The van der Waals surface area contributed by atoms with Crippen molar-refractivity contribution in [3.8, 4) is 11.5 Å². The monoisotopic (exact) mass is 469 g/mol. The van der Waals surface area contributed by atoms with E-state index in [2.05, 4.69) is 20.2 Å². The van der Waals surface area contributed by atoms with Gasteiger partial charge in [-0.25, -0.2) is 5.01 Å². The van der Waals surface area contributed by atoms with E-state index in [9.17, 15) is 13.6 Å². The minimum absolute atomic E-state index is 0.0142. The lowest BCUT2D eigenvalue weighted by molar-refractivity contribution is -0.139. The summed E-state index contributed by atoms with van der Waals surface area (Å²) in [6, 6.07) is 16.0. The summed E-state index contributed by atoms with van der Waals surface area (Å²) in [7, 11) is 0. The second kappa shape index (κ2) is 11.1. The van der Waals surface area contributed by atoms with Crippen molar-refractivity contribution in [3.05, 3.63) is 71.6 Å². The van der Waals surface area contributed by atoms with Crippen LogP contribution in [0.25, 0.3) is 11.5 Å². The maximum Gasteiger partial charge on any atom is 0.314 e. The quantitative estimate of drug-likeness (QED) is 0.367. The van der Waals surface area contributed by atoms with Gasteiger partial charge in [0.05, 0.1) is 19.4 Å². The Morgan fingerprint density at radius 3 is 2.44 bits per heavy atom. The molecule has 10 heteroatoms. The molecule has 3 aromatic rings. The largest absolute Gasteiger partial charge is 0.415 e. The average molecular weight is 469 g/mol. The number of halogens is 2. The Morgan fingerprint density at radius 1 is 1.12 bits per heavy atom. The van der Waals surface area contributed by atoms with Gasteiger partial charge in [-0.05, 0) is 30.2 Å². The summed E-state index contributed by atoms with van der Waals surface area (Å²) in [5.41, 5.74) is 2.15. The van der Waals surface area contributed by atoms with Crippen molar-refractivity contribution >= 4 is 12.1 Å². The standard InChI is InChI=1S/C24H25F2N5O3/c1-2-31(24(32)20(18-6-4-3-5-7-18)30-12-14-33-15-13-30)27-16-17-8-10-19(11-9-17)22-28-29-23(34-22)21(25)26/h3-11,16,20-21H,2,12-15H2,1H3/b27-16+/t20-/m1/s1. The molecule has 0 radical (unpaired) electrons. The van der Waals surface area contributed by atoms with E-state index >= 15 is 0 Å². The van der Waals surface area contributed by atoms with Gasteiger partial charge in [-0.3, -0.25) is 9.69 Å². The number of hydrogen-bond donors (Lipinski definition) is 0. The fourth-order valence-corrected chi connectivity index (χ4v) is 3.70. The highest BCUT2D eigenvalue weighted by Gasteiger charge is 2.32. The molecule has 0 N–H and O–H groups in total. The normalized spacial score (nSPS) is 15.6. The zero-order chi connectivity index (χ0) is 23.9. The lowest BCUT2D eigenvalue weighted by Crippen LogP contribution is -2.46. The minimum Gasteiger partial charge on any atom is -0.415 e. The Kier molecular flexibility index (Phi) is 7.71. The highest BCUT2D eigenvalue weighted by atomic mass is 19.3. The number of carbonyl (C=O) groups excluding carboxylic acids is 1. The second-order valence-corrected chi connectivity index (χ2v) is 7.63. The minimum atomic E-state index is -2.82. The molecule has 2 aromatic carbocycles. The van der Waals surface area contributed by atoms with Crippen molar-refractivity contribution in [2.45, 2.75) is 19.4 Å². The summed E-state index contributed by atoms with van der Waals surface area (Å²) in [5.74, 6) is -0.819. The third-order valence-electron chi connectivity index (χ3n) is 5.45. The van der Waals surface area contributed by atoms with Gasteiger partial charge in [0.2, 0.25) is 5.89 Å². The Labute approximate surface area is 195 Å². The number of hydrogen-bond acceptors (Lipinski definition) is 7. The number of benzene rings is 2. The number of rotatable bonds is 8. The molecule has 0 aliphatic carbocycles. The third kappa shape index (κ3) is 5.52. The zero-order valence-corrected chi connectivity index (χ0v) is 18.7. The molecule has 34 heavy (non-hydrogen) atoms. The molecule has 1 fully saturated rings.